The number of carbonyl (C=O) groups excluding carboxylic acids is 2. The summed E-state index contributed by atoms with van der Waals surface area (Å²) in [5, 5.41) is 0. The van der Waals surface area contributed by atoms with Crippen molar-refractivity contribution >= 4 is 27.6 Å². The van der Waals surface area contributed by atoms with Crippen LogP contribution in [0.25, 0.3) is 0 Å². The molecule has 1 aromatic rings. The number of hydrogen-bond donors (Lipinski definition) is 0. The van der Waals surface area contributed by atoms with E-state index < -0.39 is 16.1 Å². The fraction of sp³-hybridized carbons (Fsp3) is 0.529. The van der Waals surface area contributed by atoms with Gasteiger partial charge in [-0.05, 0) is 38.8 Å². The van der Waals surface area contributed by atoms with Gasteiger partial charge in [0.2, 0.25) is 15.9 Å². The minimum atomic E-state index is -3.60. The summed E-state index contributed by atoms with van der Waals surface area (Å²) < 4.78 is 32.8. The molecule has 0 unspecified atom stereocenters. The third kappa shape index (κ3) is 3.28. The van der Waals surface area contributed by atoms with Crippen LogP contribution in [0.2, 0.25) is 0 Å². The number of nitrogens with zero attached hydrogens (tertiary/aromatic N) is 3. The van der Waals surface area contributed by atoms with Crippen LogP contribution in [0.1, 0.15) is 26.7 Å². The number of urea groups is 1. The lowest BCUT2D eigenvalue weighted by Crippen LogP contribution is -2.31. The Morgan fingerprint density at radius 3 is 2.31 bits per heavy atom. The first-order valence-corrected chi connectivity index (χ1v) is 10.0. The van der Waals surface area contributed by atoms with Gasteiger partial charge >= 0.3 is 6.03 Å². The van der Waals surface area contributed by atoms with E-state index in [9.17, 15) is 18.0 Å². The minimum absolute atomic E-state index is 0.0952. The van der Waals surface area contributed by atoms with Crippen LogP contribution in [0.5, 0.6) is 5.75 Å². The number of amides is 3. The molecule has 0 atom stereocenters. The largest absolute Gasteiger partial charge is 0.489 e. The van der Waals surface area contributed by atoms with E-state index >= 15 is 0 Å². The zero-order valence-corrected chi connectivity index (χ0v) is 16.0. The molecule has 26 heavy (non-hydrogen) atoms. The van der Waals surface area contributed by atoms with Gasteiger partial charge in [-0.25, -0.2) is 13.2 Å². The highest BCUT2D eigenvalue weighted by molar-refractivity contribution is 7.89. The maximum absolute atomic E-state index is 12.8. The first kappa shape index (κ1) is 18.7. The van der Waals surface area contributed by atoms with Gasteiger partial charge in [-0.15, -0.1) is 0 Å². The van der Waals surface area contributed by atoms with Gasteiger partial charge in [0.1, 0.15) is 12.3 Å². The first-order valence-electron chi connectivity index (χ1n) is 8.60. The van der Waals surface area contributed by atoms with Crippen LogP contribution in [-0.2, 0) is 14.8 Å². The van der Waals surface area contributed by atoms with Gasteiger partial charge in [-0.1, -0.05) is 0 Å². The monoisotopic (exact) mass is 381 g/mol. The molecule has 2 aliphatic heterocycles. The number of hydrogen-bond acceptors (Lipinski definition) is 5. The number of anilines is 1. The Morgan fingerprint density at radius 2 is 1.77 bits per heavy atom. The summed E-state index contributed by atoms with van der Waals surface area (Å²) in [4.78, 5) is 26.6. The molecule has 0 N–H and O–H groups in total. The van der Waals surface area contributed by atoms with Gasteiger partial charge in [0.25, 0.3) is 0 Å². The Labute approximate surface area is 153 Å². The Kier molecular flexibility index (Phi) is 4.94. The second-order valence-corrected chi connectivity index (χ2v) is 8.67. The van der Waals surface area contributed by atoms with Crippen LogP contribution in [-0.4, -0.2) is 62.3 Å². The molecule has 3 amide bonds. The van der Waals surface area contributed by atoms with Crippen molar-refractivity contribution < 1.29 is 22.7 Å². The van der Waals surface area contributed by atoms with Crippen LogP contribution in [0.3, 0.4) is 0 Å². The summed E-state index contributed by atoms with van der Waals surface area (Å²) in [5.41, 5.74) is 0.391. The van der Waals surface area contributed by atoms with E-state index in [1.807, 2.05) is 13.8 Å². The van der Waals surface area contributed by atoms with E-state index in [2.05, 4.69) is 0 Å². The summed E-state index contributed by atoms with van der Waals surface area (Å²) >= 11 is 0. The number of ether oxygens (including phenoxy) is 1. The smallest absolute Gasteiger partial charge is 0.331 e. The Morgan fingerprint density at radius 1 is 1.12 bits per heavy atom. The van der Waals surface area contributed by atoms with Gasteiger partial charge in [-0.2, -0.15) is 4.31 Å². The topological polar surface area (TPSA) is 87.2 Å². The van der Waals surface area contributed by atoms with Gasteiger partial charge in [0.05, 0.1) is 16.7 Å². The lowest BCUT2D eigenvalue weighted by molar-refractivity contribution is -0.123. The van der Waals surface area contributed by atoms with Crippen molar-refractivity contribution in [2.45, 2.75) is 37.7 Å². The molecule has 8 nitrogen and oxygen atoms in total. The zero-order chi connectivity index (χ0) is 19.1. The molecule has 9 heteroatoms. The predicted octanol–water partition coefficient (Wildman–Crippen LogP) is 1.66. The van der Waals surface area contributed by atoms with Gasteiger partial charge in [-0.3, -0.25) is 14.6 Å². The second-order valence-electron chi connectivity index (χ2n) is 6.73. The van der Waals surface area contributed by atoms with Crippen LogP contribution in [0, 0.1) is 0 Å². The maximum atomic E-state index is 12.8. The molecule has 0 radical (unpaired) electrons. The Balaban J connectivity index is 2.01. The number of benzene rings is 1. The molecule has 1 aromatic carbocycles. The van der Waals surface area contributed by atoms with Crippen LogP contribution >= 0.6 is 0 Å². The van der Waals surface area contributed by atoms with Crippen molar-refractivity contribution in [3.05, 3.63) is 18.2 Å². The molecule has 0 spiro atoms. The highest BCUT2D eigenvalue weighted by atomic mass is 32.2. The normalized spacial score (nSPS) is 19.1. The van der Waals surface area contributed by atoms with E-state index in [-0.39, 0.29) is 29.2 Å². The molecule has 0 saturated carbocycles. The molecule has 0 aliphatic carbocycles. The zero-order valence-electron chi connectivity index (χ0n) is 15.1. The maximum Gasteiger partial charge on any atom is 0.331 e. The van der Waals surface area contributed by atoms with Crippen molar-refractivity contribution in [1.82, 2.24) is 9.21 Å². The van der Waals surface area contributed by atoms with Crippen molar-refractivity contribution in [3.8, 4) is 5.75 Å². The van der Waals surface area contributed by atoms with Crippen molar-refractivity contribution in [2.24, 2.45) is 0 Å². The Bertz CT molecular complexity index is 831. The lowest BCUT2D eigenvalue weighted by atomic mass is 10.2. The average Bonchev–Trinajstić information content (AvgIpc) is 3.20. The molecule has 3 rings (SSSR count). The summed E-state index contributed by atoms with van der Waals surface area (Å²) in [6.45, 7) is 4.55. The Hall–Kier alpha value is -2.13. The van der Waals surface area contributed by atoms with Gasteiger partial charge in [0, 0.05) is 26.2 Å². The SMILES string of the molecule is CC(C)Oc1cc(S(=O)(=O)N2CCCC2)ccc1N1CC(=O)N(C)C1=O. The molecular weight excluding hydrogens is 358 g/mol. The van der Waals surface area contributed by atoms with Crippen LogP contribution < -0.4 is 9.64 Å². The second kappa shape index (κ2) is 6.88. The van der Waals surface area contributed by atoms with Crippen LogP contribution in [0.15, 0.2) is 23.1 Å². The molecular formula is C17H23N3O5S. The van der Waals surface area contributed by atoms with Gasteiger partial charge < -0.3 is 4.74 Å². The fourth-order valence-corrected chi connectivity index (χ4v) is 4.62. The number of sulfonamides is 1. The minimum Gasteiger partial charge on any atom is -0.489 e. The molecule has 2 aliphatic rings. The molecule has 0 aromatic heterocycles. The molecule has 2 heterocycles. The van der Waals surface area contributed by atoms with Crippen molar-refractivity contribution in [3.63, 3.8) is 0 Å². The predicted molar refractivity (Wildman–Crippen MR) is 95.7 cm³/mol. The van der Waals surface area contributed by atoms with Gasteiger partial charge in [0.15, 0.2) is 0 Å². The fourth-order valence-electron chi connectivity index (χ4n) is 3.09. The molecule has 2 fully saturated rings. The third-order valence-corrected chi connectivity index (χ3v) is 6.37. The molecule has 142 valence electrons. The number of carbonyl (C=O) groups is 2. The van der Waals surface area contributed by atoms with E-state index in [1.165, 1.54) is 34.5 Å². The highest BCUT2D eigenvalue weighted by Crippen LogP contribution is 2.35. The average molecular weight is 381 g/mol. The van der Waals surface area contributed by atoms with E-state index in [1.54, 1.807) is 0 Å². The number of rotatable bonds is 5. The first-order chi connectivity index (χ1) is 12.2. The number of imide groups is 1. The van der Waals surface area contributed by atoms with Crippen molar-refractivity contribution in [2.75, 3.05) is 31.6 Å². The van der Waals surface area contributed by atoms with E-state index in [0.29, 0.717) is 18.8 Å². The quantitative estimate of drug-likeness (QED) is 0.724. The molecule has 2 saturated heterocycles. The van der Waals surface area contributed by atoms with E-state index in [0.717, 1.165) is 17.7 Å². The summed E-state index contributed by atoms with van der Waals surface area (Å²) in [6, 6.07) is 3.98. The summed E-state index contributed by atoms with van der Waals surface area (Å²) in [5.74, 6) is -0.0454. The lowest BCUT2D eigenvalue weighted by Gasteiger charge is -2.22. The summed E-state index contributed by atoms with van der Waals surface area (Å²) in [6.07, 6.45) is 1.48. The van der Waals surface area contributed by atoms with Crippen molar-refractivity contribution in [1.29, 1.82) is 0 Å². The highest BCUT2D eigenvalue weighted by Gasteiger charge is 2.36. The van der Waals surface area contributed by atoms with E-state index in [4.69, 9.17) is 4.74 Å². The van der Waals surface area contributed by atoms with Crippen LogP contribution in [0.4, 0.5) is 10.5 Å². The summed E-state index contributed by atoms with van der Waals surface area (Å²) in [7, 11) is -2.18. The molecule has 0 bridgehead atoms. The third-order valence-electron chi connectivity index (χ3n) is 4.47. The number of likely N-dealkylation sites (N-methyl/N-ethyl adjacent to an activating group) is 1. The standard InChI is InChI=1S/C17H23N3O5S/c1-12(2)25-15-10-13(26(23,24)19-8-4-5-9-19)6-7-14(15)20-11-16(21)18(3)17(20)22/h6-7,10,12H,4-5,8-9,11H2,1-3H3.